The second-order valence-electron chi connectivity index (χ2n) is 4.96. The summed E-state index contributed by atoms with van der Waals surface area (Å²) in [6.07, 6.45) is 4.32. The Labute approximate surface area is 116 Å². The van der Waals surface area contributed by atoms with Crippen molar-refractivity contribution in [3.05, 3.63) is 20.8 Å². The fourth-order valence-electron chi connectivity index (χ4n) is 2.45. The summed E-state index contributed by atoms with van der Waals surface area (Å²) in [5, 5.41) is 13.2. The highest BCUT2D eigenvalue weighted by molar-refractivity contribution is 9.11. The van der Waals surface area contributed by atoms with Gasteiger partial charge in [0.15, 0.2) is 0 Å². The second kappa shape index (κ2) is 6.32. The average molecular weight is 318 g/mol. The lowest BCUT2D eigenvalue weighted by Gasteiger charge is -2.27. The van der Waals surface area contributed by atoms with Crippen LogP contribution in [-0.4, -0.2) is 17.8 Å². The minimum Gasteiger partial charge on any atom is -0.393 e. The van der Waals surface area contributed by atoms with Gasteiger partial charge in [-0.3, -0.25) is 0 Å². The van der Waals surface area contributed by atoms with Gasteiger partial charge < -0.3 is 10.4 Å². The lowest BCUT2D eigenvalue weighted by Crippen LogP contribution is -2.30. The van der Waals surface area contributed by atoms with Crippen LogP contribution in [0, 0.1) is 5.92 Å². The second-order valence-corrected chi connectivity index (χ2v) is 7.45. The molecule has 0 bridgehead atoms. The predicted molar refractivity (Wildman–Crippen MR) is 76.4 cm³/mol. The van der Waals surface area contributed by atoms with E-state index in [0.29, 0.717) is 12.0 Å². The Morgan fingerprint density at radius 2 is 2.35 bits per heavy atom. The SMILES string of the molecule is C[C@H](NC[C@@H]1CCC[C@@H](O)C1)c1ccc(Br)s1. The van der Waals surface area contributed by atoms with Gasteiger partial charge >= 0.3 is 0 Å². The molecule has 0 spiro atoms. The van der Waals surface area contributed by atoms with E-state index < -0.39 is 0 Å². The van der Waals surface area contributed by atoms with Gasteiger partial charge in [0.1, 0.15) is 0 Å². The first-order valence-corrected chi connectivity index (χ1v) is 7.93. The molecule has 2 N–H and O–H groups in total. The molecular weight excluding hydrogens is 298 g/mol. The largest absolute Gasteiger partial charge is 0.393 e. The van der Waals surface area contributed by atoms with E-state index in [1.165, 1.54) is 21.5 Å². The topological polar surface area (TPSA) is 32.3 Å². The number of nitrogens with one attached hydrogen (secondary N) is 1. The summed E-state index contributed by atoms with van der Waals surface area (Å²) < 4.78 is 1.19. The van der Waals surface area contributed by atoms with E-state index in [9.17, 15) is 5.11 Å². The summed E-state index contributed by atoms with van der Waals surface area (Å²) in [6.45, 7) is 3.23. The molecule has 96 valence electrons. The molecule has 0 aliphatic heterocycles. The van der Waals surface area contributed by atoms with Gasteiger partial charge in [-0.2, -0.15) is 0 Å². The number of aliphatic hydroxyl groups is 1. The molecule has 2 rings (SSSR count). The summed E-state index contributed by atoms with van der Waals surface area (Å²) in [5.41, 5.74) is 0. The molecule has 1 fully saturated rings. The quantitative estimate of drug-likeness (QED) is 0.887. The van der Waals surface area contributed by atoms with Gasteiger partial charge in [-0.15, -0.1) is 11.3 Å². The van der Waals surface area contributed by atoms with E-state index in [4.69, 9.17) is 0 Å². The van der Waals surface area contributed by atoms with Crippen molar-refractivity contribution in [3.63, 3.8) is 0 Å². The maximum absolute atomic E-state index is 9.63. The van der Waals surface area contributed by atoms with Crippen LogP contribution in [0.5, 0.6) is 0 Å². The van der Waals surface area contributed by atoms with Crippen molar-refractivity contribution >= 4 is 27.3 Å². The average Bonchev–Trinajstić information content (AvgIpc) is 2.73. The highest BCUT2D eigenvalue weighted by Gasteiger charge is 2.20. The Morgan fingerprint density at radius 3 is 3.00 bits per heavy atom. The molecule has 0 aromatic carbocycles. The Bertz CT molecular complexity index is 355. The highest BCUT2D eigenvalue weighted by atomic mass is 79.9. The van der Waals surface area contributed by atoms with Gasteiger partial charge in [0, 0.05) is 10.9 Å². The first-order chi connectivity index (χ1) is 8.15. The van der Waals surface area contributed by atoms with Gasteiger partial charge in [-0.1, -0.05) is 6.42 Å². The molecule has 0 unspecified atom stereocenters. The highest BCUT2D eigenvalue weighted by Crippen LogP contribution is 2.28. The number of halogens is 1. The van der Waals surface area contributed by atoms with Gasteiger partial charge in [-0.25, -0.2) is 0 Å². The molecular formula is C13H20BrNOS. The molecule has 17 heavy (non-hydrogen) atoms. The van der Waals surface area contributed by atoms with E-state index in [2.05, 4.69) is 40.3 Å². The van der Waals surface area contributed by atoms with Crippen molar-refractivity contribution in [1.29, 1.82) is 0 Å². The van der Waals surface area contributed by atoms with Crippen LogP contribution in [0.1, 0.15) is 43.5 Å². The normalized spacial score (nSPS) is 27.0. The van der Waals surface area contributed by atoms with E-state index in [1.807, 2.05) is 0 Å². The van der Waals surface area contributed by atoms with Crippen LogP contribution in [0.15, 0.2) is 15.9 Å². The molecule has 1 saturated carbocycles. The summed E-state index contributed by atoms with van der Waals surface area (Å²) in [6, 6.07) is 4.68. The van der Waals surface area contributed by atoms with Crippen LogP contribution in [0.25, 0.3) is 0 Å². The molecule has 4 heteroatoms. The summed E-state index contributed by atoms with van der Waals surface area (Å²) in [5.74, 6) is 0.643. The first kappa shape index (κ1) is 13.5. The Morgan fingerprint density at radius 1 is 1.53 bits per heavy atom. The van der Waals surface area contributed by atoms with Gasteiger partial charge in [0.25, 0.3) is 0 Å². The van der Waals surface area contributed by atoms with Gasteiger partial charge in [-0.05, 0) is 66.7 Å². The van der Waals surface area contributed by atoms with Gasteiger partial charge in [0.05, 0.1) is 9.89 Å². The minimum absolute atomic E-state index is 0.0678. The van der Waals surface area contributed by atoms with Crippen LogP contribution in [0.3, 0.4) is 0 Å². The number of thiophene rings is 1. The third kappa shape index (κ3) is 4.05. The standard InChI is InChI=1S/C13H20BrNOS/c1-9(12-5-6-13(14)17-12)15-8-10-3-2-4-11(16)7-10/h5-6,9-11,15-16H,2-4,7-8H2,1H3/t9-,10+,11+/m0/s1. The fraction of sp³-hybridized carbons (Fsp3) is 0.692. The zero-order valence-electron chi connectivity index (χ0n) is 10.2. The monoisotopic (exact) mass is 317 g/mol. The van der Waals surface area contributed by atoms with Crippen LogP contribution in [0.4, 0.5) is 0 Å². The molecule has 0 radical (unpaired) electrons. The summed E-state index contributed by atoms with van der Waals surface area (Å²) >= 11 is 5.28. The number of hydrogen-bond acceptors (Lipinski definition) is 3. The third-order valence-corrected chi connectivity index (χ3v) is 5.29. The number of hydrogen-bond donors (Lipinski definition) is 2. The molecule has 1 heterocycles. The summed E-state index contributed by atoms with van der Waals surface area (Å²) in [4.78, 5) is 1.37. The van der Waals surface area contributed by atoms with E-state index in [-0.39, 0.29) is 6.10 Å². The molecule has 1 aromatic heterocycles. The van der Waals surface area contributed by atoms with Crippen molar-refractivity contribution in [2.45, 2.75) is 44.8 Å². The fourth-order valence-corrected chi connectivity index (χ4v) is 3.90. The summed E-state index contributed by atoms with van der Waals surface area (Å²) in [7, 11) is 0. The molecule has 2 nitrogen and oxygen atoms in total. The maximum atomic E-state index is 9.63. The molecule has 1 aliphatic carbocycles. The van der Waals surface area contributed by atoms with Crippen LogP contribution in [-0.2, 0) is 0 Å². The zero-order chi connectivity index (χ0) is 12.3. The third-order valence-electron chi connectivity index (χ3n) is 3.49. The lowest BCUT2D eigenvalue weighted by molar-refractivity contribution is 0.0998. The molecule has 0 saturated heterocycles. The smallest absolute Gasteiger partial charge is 0.0701 e. The minimum atomic E-state index is -0.0678. The maximum Gasteiger partial charge on any atom is 0.0701 e. The van der Waals surface area contributed by atoms with Crippen LogP contribution in [0.2, 0.25) is 0 Å². The first-order valence-electron chi connectivity index (χ1n) is 6.32. The molecule has 1 aromatic rings. The van der Waals surface area contributed by atoms with Crippen molar-refractivity contribution in [3.8, 4) is 0 Å². The molecule has 1 aliphatic rings. The Kier molecular flexibility index (Phi) is 5.03. The van der Waals surface area contributed by atoms with E-state index in [0.717, 1.165) is 19.4 Å². The zero-order valence-corrected chi connectivity index (χ0v) is 12.6. The van der Waals surface area contributed by atoms with Crippen molar-refractivity contribution < 1.29 is 5.11 Å². The number of rotatable bonds is 4. The molecule has 0 amide bonds. The van der Waals surface area contributed by atoms with Gasteiger partial charge in [0.2, 0.25) is 0 Å². The van der Waals surface area contributed by atoms with Crippen LogP contribution >= 0.6 is 27.3 Å². The number of aliphatic hydroxyl groups excluding tert-OH is 1. The predicted octanol–water partition coefficient (Wildman–Crippen LogP) is 3.71. The van der Waals surface area contributed by atoms with E-state index in [1.54, 1.807) is 11.3 Å². The van der Waals surface area contributed by atoms with E-state index >= 15 is 0 Å². The van der Waals surface area contributed by atoms with Crippen molar-refractivity contribution in [1.82, 2.24) is 5.32 Å². The lowest BCUT2D eigenvalue weighted by atomic mass is 9.87. The molecule has 3 atom stereocenters. The Balaban J connectivity index is 1.77. The van der Waals surface area contributed by atoms with Crippen molar-refractivity contribution in [2.75, 3.05) is 6.54 Å². The van der Waals surface area contributed by atoms with Crippen molar-refractivity contribution in [2.24, 2.45) is 5.92 Å². The van der Waals surface area contributed by atoms with Crippen LogP contribution < -0.4 is 5.32 Å². The Hall–Kier alpha value is 0.1000.